The maximum Gasteiger partial charge on any atom is 0.253 e. The summed E-state index contributed by atoms with van der Waals surface area (Å²) in [6.07, 6.45) is 6.35. The molecule has 27 heavy (non-hydrogen) atoms. The van der Waals surface area contributed by atoms with Crippen LogP contribution in [-0.4, -0.2) is 20.0 Å². The van der Waals surface area contributed by atoms with Crippen molar-refractivity contribution in [2.75, 3.05) is 0 Å². The van der Waals surface area contributed by atoms with Gasteiger partial charge >= 0.3 is 0 Å². The lowest BCUT2D eigenvalue weighted by Crippen LogP contribution is -2.25. The normalized spacial score (nSPS) is 15.4. The first kappa shape index (κ1) is 17.8. The Morgan fingerprint density at radius 2 is 1.93 bits per heavy atom. The van der Waals surface area contributed by atoms with Gasteiger partial charge in [0.25, 0.3) is 5.91 Å². The zero-order valence-electron chi connectivity index (χ0n) is 16.5. The minimum atomic E-state index is -0.0165. The van der Waals surface area contributed by atoms with Crippen LogP contribution < -0.4 is 5.32 Å². The van der Waals surface area contributed by atoms with Crippen LogP contribution in [0.1, 0.15) is 65.7 Å². The van der Waals surface area contributed by atoms with Crippen LogP contribution in [0.15, 0.2) is 30.3 Å². The lowest BCUT2D eigenvalue weighted by atomic mass is 9.95. The molecule has 2 aromatic heterocycles. The third-order valence-corrected chi connectivity index (χ3v) is 5.96. The summed E-state index contributed by atoms with van der Waals surface area (Å²) in [6.45, 7) is 4.62. The van der Waals surface area contributed by atoms with Crippen LogP contribution in [0.5, 0.6) is 0 Å². The molecule has 1 fully saturated rings. The lowest BCUT2D eigenvalue weighted by molar-refractivity contribution is 0.0948. The van der Waals surface area contributed by atoms with Crippen molar-refractivity contribution < 1.29 is 4.79 Å². The van der Waals surface area contributed by atoms with E-state index in [2.05, 4.69) is 28.7 Å². The van der Waals surface area contributed by atoms with Gasteiger partial charge in [-0.3, -0.25) is 4.79 Å². The molecule has 1 saturated carbocycles. The first-order valence-electron chi connectivity index (χ1n) is 9.93. The highest BCUT2D eigenvalue weighted by Crippen LogP contribution is 2.32. The van der Waals surface area contributed by atoms with Crippen LogP contribution in [0, 0.1) is 13.8 Å². The van der Waals surface area contributed by atoms with E-state index in [9.17, 15) is 4.79 Å². The first-order chi connectivity index (χ1) is 13.1. The quantitative estimate of drug-likeness (QED) is 0.745. The van der Waals surface area contributed by atoms with Crippen molar-refractivity contribution in [2.24, 2.45) is 7.05 Å². The highest BCUT2D eigenvalue weighted by atomic mass is 16.1. The predicted molar refractivity (Wildman–Crippen MR) is 108 cm³/mol. The second-order valence-corrected chi connectivity index (χ2v) is 7.71. The van der Waals surface area contributed by atoms with Crippen LogP contribution in [0.2, 0.25) is 0 Å². The highest BCUT2D eigenvalue weighted by Gasteiger charge is 2.22. The number of para-hydroxylation sites is 2. The summed E-state index contributed by atoms with van der Waals surface area (Å²) >= 11 is 0. The van der Waals surface area contributed by atoms with Gasteiger partial charge in [0.2, 0.25) is 0 Å². The smallest absolute Gasteiger partial charge is 0.253 e. The molecule has 0 spiro atoms. The number of rotatable bonds is 4. The Morgan fingerprint density at radius 1 is 1.19 bits per heavy atom. The number of carbonyl (C=O) groups is 1. The minimum absolute atomic E-state index is 0.0165. The molecule has 0 aliphatic heterocycles. The van der Waals surface area contributed by atoms with Gasteiger partial charge in [-0.25, -0.2) is 4.98 Å². The van der Waals surface area contributed by atoms with Crippen LogP contribution in [0.25, 0.3) is 11.0 Å². The summed E-state index contributed by atoms with van der Waals surface area (Å²) in [5.41, 5.74) is 5.10. The third kappa shape index (κ3) is 3.27. The number of fused-ring (bicyclic) bond motifs is 1. The summed E-state index contributed by atoms with van der Waals surface area (Å²) in [6, 6.07) is 10.6. The van der Waals surface area contributed by atoms with E-state index in [1.54, 1.807) is 0 Å². The molecular weight excluding hydrogens is 336 g/mol. The van der Waals surface area contributed by atoms with Crippen LogP contribution >= 0.6 is 0 Å². The lowest BCUT2D eigenvalue weighted by Gasteiger charge is -2.26. The number of aryl methyl sites for hydroxylation is 2. The molecule has 1 aliphatic carbocycles. The summed E-state index contributed by atoms with van der Waals surface area (Å²) in [5.74, 6) is 0.850. The van der Waals surface area contributed by atoms with E-state index < -0.39 is 0 Å². The van der Waals surface area contributed by atoms with Crippen LogP contribution in [0.3, 0.4) is 0 Å². The molecule has 5 nitrogen and oxygen atoms in total. The van der Waals surface area contributed by atoms with Crippen molar-refractivity contribution in [1.29, 1.82) is 0 Å². The zero-order valence-corrected chi connectivity index (χ0v) is 16.5. The monoisotopic (exact) mass is 364 g/mol. The summed E-state index contributed by atoms with van der Waals surface area (Å²) < 4.78 is 4.42. The fourth-order valence-corrected chi connectivity index (χ4v) is 4.52. The molecule has 1 N–H and O–H groups in total. The van der Waals surface area contributed by atoms with Crippen molar-refractivity contribution in [3.8, 4) is 0 Å². The fraction of sp³-hybridized carbons (Fsp3) is 0.455. The SMILES string of the molecule is Cc1cc(C(=O)NCc2nc3ccccc3n2C)c(C)n1C1CCCCC1. The van der Waals surface area contributed by atoms with E-state index in [4.69, 9.17) is 0 Å². The van der Waals surface area contributed by atoms with Crippen molar-refractivity contribution in [3.63, 3.8) is 0 Å². The van der Waals surface area contributed by atoms with Gasteiger partial charge in [0.15, 0.2) is 0 Å². The van der Waals surface area contributed by atoms with Crippen molar-refractivity contribution in [3.05, 3.63) is 53.1 Å². The Kier molecular flexibility index (Phi) is 4.77. The maximum atomic E-state index is 12.9. The van der Waals surface area contributed by atoms with Crippen molar-refractivity contribution in [2.45, 2.75) is 58.5 Å². The van der Waals surface area contributed by atoms with Gasteiger partial charge in [-0.1, -0.05) is 31.4 Å². The molecule has 0 radical (unpaired) electrons. The molecule has 0 unspecified atom stereocenters. The maximum absolute atomic E-state index is 12.9. The number of nitrogens with one attached hydrogen (secondary N) is 1. The number of hydrogen-bond donors (Lipinski definition) is 1. The summed E-state index contributed by atoms with van der Waals surface area (Å²) in [7, 11) is 1.99. The van der Waals surface area contributed by atoms with Crippen LogP contribution in [0.4, 0.5) is 0 Å². The van der Waals surface area contributed by atoms with E-state index in [0.29, 0.717) is 12.6 Å². The zero-order chi connectivity index (χ0) is 19.0. The largest absolute Gasteiger partial charge is 0.345 e. The number of hydrogen-bond acceptors (Lipinski definition) is 2. The van der Waals surface area contributed by atoms with E-state index in [-0.39, 0.29) is 5.91 Å². The summed E-state index contributed by atoms with van der Waals surface area (Å²) in [5, 5.41) is 3.07. The van der Waals surface area contributed by atoms with Gasteiger partial charge in [0.05, 0.1) is 23.1 Å². The Labute approximate surface area is 160 Å². The standard InChI is InChI=1S/C22H28N4O/c1-15-13-18(16(2)26(15)17-9-5-4-6-10-17)22(27)23-14-21-24-19-11-7-8-12-20(19)25(21)3/h7-8,11-13,17H,4-6,9-10,14H2,1-3H3,(H,23,27). The first-order valence-corrected chi connectivity index (χ1v) is 9.93. The van der Waals surface area contributed by atoms with Gasteiger partial charge in [-0.15, -0.1) is 0 Å². The number of benzene rings is 1. The Balaban J connectivity index is 1.52. The molecule has 3 aromatic rings. The Morgan fingerprint density at radius 3 is 2.67 bits per heavy atom. The number of nitrogens with zero attached hydrogens (tertiary/aromatic N) is 3. The average molecular weight is 364 g/mol. The summed E-state index contributed by atoms with van der Waals surface area (Å²) in [4.78, 5) is 17.5. The van der Waals surface area contributed by atoms with Gasteiger partial charge in [-0.2, -0.15) is 0 Å². The molecule has 1 aromatic carbocycles. The third-order valence-electron chi connectivity index (χ3n) is 5.96. The molecule has 142 valence electrons. The molecule has 0 bridgehead atoms. The number of amides is 1. The molecule has 1 aliphatic rings. The number of aromatic nitrogens is 3. The predicted octanol–water partition coefficient (Wildman–Crippen LogP) is 4.43. The average Bonchev–Trinajstić information content (AvgIpc) is 3.17. The Hall–Kier alpha value is -2.56. The van der Waals surface area contributed by atoms with E-state index >= 15 is 0 Å². The van der Waals surface area contributed by atoms with Gasteiger partial charge in [0, 0.05) is 24.5 Å². The number of carbonyl (C=O) groups excluding carboxylic acids is 1. The fourth-order valence-electron chi connectivity index (χ4n) is 4.52. The van der Waals surface area contributed by atoms with Gasteiger partial charge in [-0.05, 0) is 44.9 Å². The molecular formula is C22H28N4O. The van der Waals surface area contributed by atoms with Gasteiger partial charge < -0.3 is 14.5 Å². The van der Waals surface area contributed by atoms with E-state index in [0.717, 1.165) is 28.1 Å². The molecule has 5 heteroatoms. The number of imidazole rings is 1. The minimum Gasteiger partial charge on any atom is -0.345 e. The van der Waals surface area contributed by atoms with E-state index in [1.165, 1.54) is 37.8 Å². The highest BCUT2D eigenvalue weighted by molar-refractivity contribution is 5.95. The van der Waals surface area contributed by atoms with Crippen molar-refractivity contribution >= 4 is 16.9 Å². The second-order valence-electron chi connectivity index (χ2n) is 7.71. The van der Waals surface area contributed by atoms with Crippen molar-refractivity contribution in [1.82, 2.24) is 19.4 Å². The molecule has 0 saturated heterocycles. The van der Waals surface area contributed by atoms with E-state index in [1.807, 2.05) is 41.9 Å². The van der Waals surface area contributed by atoms with Gasteiger partial charge in [0.1, 0.15) is 5.82 Å². The second kappa shape index (κ2) is 7.22. The molecule has 0 atom stereocenters. The molecule has 4 rings (SSSR count). The molecule has 1 amide bonds. The van der Waals surface area contributed by atoms with Crippen LogP contribution in [-0.2, 0) is 13.6 Å². The topological polar surface area (TPSA) is 51.9 Å². The Bertz CT molecular complexity index is 976. The molecule has 2 heterocycles.